The van der Waals surface area contributed by atoms with Gasteiger partial charge < -0.3 is 5.32 Å². The van der Waals surface area contributed by atoms with E-state index in [0.717, 1.165) is 22.9 Å². The number of hydrogen-bond acceptors (Lipinski definition) is 5. The average Bonchev–Trinajstić information content (AvgIpc) is 3.05. The summed E-state index contributed by atoms with van der Waals surface area (Å²) in [4.78, 5) is 8.66. The lowest BCUT2D eigenvalue weighted by Crippen LogP contribution is -2.11. The molecule has 0 aliphatic heterocycles. The Bertz CT molecular complexity index is 631. The second kappa shape index (κ2) is 4.73. The van der Waals surface area contributed by atoms with Gasteiger partial charge in [-0.05, 0) is 6.07 Å². The Morgan fingerprint density at radius 2 is 2.28 bits per heavy atom. The molecule has 0 saturated heterocycles. The molecule has 1 atom stereocenters. The van der Waals surface area contributed by atoms with Crippen LogP contribution in [0.4, 0.5) is 5.82 Å². The zero-order valence-electron chi connectivity index (χ0n) is 9.95. The van der Waals surface area contributed by atoms with Crippen LogP contribution in [-0.2, 0) is 0 Å². The molecule has 0 fully saturated rings. The molecule has 3 aromatic heterocycles. The van der Waals surface area contributed by atoms with Crippen molar-refractivity contribution in [1.82, 2.24) is 19.6 Å². The van der Waals surface area contributed by atoms with E-state index in [-0.39, 0.29) is 0 Å². The molecule has 3 heterocycles. The van der Waals surface area contributed by atoms with Crippen LogP contribution in [0.25, 0.3) is 5.52 Å². The number of rotatable bonds is 4. The number of hydrogen-bond donors (Lipinski definition) is 1. The summed E-state index contributed by atoms with van der Waals surface area (Å²) in [5.74, 6) is 1.23. The third-order valence-corrected chi connectivity index (χ3v) is 3.78. The molecule has 0 saturated carbocycles. The molecule has 0 radical (unpaired) electrons. The van der Waals surface area contributed by atoms with E-state index in [0.29, 0.717) is 5.92 Å². The maximum atomic E-state index is 4.34. The van der Waals surface area contributed by atoms with Crippen molar-refractivity contribution in [3.8, 4) is 0 Å². The quantitative estimate of drug-likeness (QED) is 0.781. The van der Waals surface area contributed by atoms with Gasteiger partial charge in [0, 0.05) is 36.4 Å². The van der Waals surface area contributed by atoms with Crippen LogP contribution >= 0.6 is 11.3 Å². The lowest BCUT2D eigenvalue weighted by molar-refractivity contribution is 0.791. The fourth-order valence-corrected chi connectivity index (χ4v) is 2.51. The molecular weight excluding hydrogens is 246 g/mol. The molecule has 6 heteroatoms. The number of nitrogens with zero attached hydrogens (tertiary/aromatic N) is 4. The molecule has 1 unspecified atom stereocenters. The largest absolute Gasteiger partial charge is 0.368 e. The van der Waals surface area contributed by atoms with Gasteiger partial charge in [-0.15, -0.1) is 11.3 Å². The first-order chi connectivity index (χ1) is 8.84. The molecule has 1 N–H and O–H groups in total. The monoisotopic (exact) mass is 259 g/mol. The molecule has 0 bridgehead atoms. The van der Waals surface area contributed by atoms with Crippen LogP contribution in [0.5, 0.6) is 0 Å². The van der Waals surface area contributed by atoms with Crippen LogP contribution in [0, 0.1) is 0 Å². The Labute approximate surface area is 109 Å². The van der Waals surface area contributed by atoms with Gasteiger partial charge in [-0.2, -0.15) is 5.10 Å². The van der Waals surface area contributed by atoms with Crippen molar-refractivity contribution in [1.29, 1.82) is 0 Å². The van der Waals surface area contributed by atoms with E-state index in [9.17, 15) is 0 Å². The van der Waals surface area contributed by atoms with Gasteiger partial charge >= 0.3 is 0 Å². The number of aromatic nitrogens is 4. The van der Waals surface area contributed by atoms with Crippen LogP contribution in [0.3, 0.4) is 0 Å². The summed E-state index contributed by atoms with van der Waals surface area (Å²) in [6, 6.07) is 1.95. The number of anilines is 1. The molecule has 0 aromatic carbocycles. The third kappa shape index (κ3) is 2.06. The predicted octanol–water partition coefficient (Wildman–Crippen LogP) is 2.40. The van der Waals surface area contributed by atoms with Crippen molar-refractivity contribution in [3.05, 3.63) is 41.2 Å². The van der Waals surface area contributed by atoms with Gasteiger partial charge in [-0.25, -0.2) is 14.5 Å². The Balaban J connectivity index is 1.75. The summed E-state index contributed by atoms with van der Waals surface area (Å²) in [5.41, 5.74) is 0.990. The molecule has 0 spiro atoms. The minimum absolute atomic E-state index is 0.370. The number of fused-ring (bicyclic) bond motifs is 1. The van der Waals surface area contributed by atoms with E-state index in [1.165, 1.54) is 0 Å². The summed E-state index contributed by atoms with van der Waals surface area (Å²) in [6.07, 6.45) is 7.19. The van der Waals surface area contributed by atoms with Crippen molar-refractivity contribution in [3.63, 3.8) is 0 Å². The first-order valence-electron chi connectivity index (χ1n) is 5.76. The van der Waals surface area contributed by atoms with E-state index < -0.39 is 0 Å². The molecular formula is C12H13N5S. The summed E-state index contributed by atoms with van der Waals surface area (Å²) < 4.78 is 1.81. The van der Waals surface area contributed by atoms with Crippen molar-refractivity contribution < 1.29 is 0 Å². The zero-order chi connectivity index (χ0) is 12.4. The fourth-order valence-electron chi connectivity index (χ4n) is 1.81. The molecule has 3 rings (SSSR count). The van der Waals surface area contributed by atoms with Crippen LogP contribution in [0.1, 0.15) is 17.8 Å². The van der Waals surface area contributed by atoms with Gasteiger partial charge in [0.15, 0.2) is 5.82 Å². The van der Waals surface area contributed by atoms with Gasteiger partial charge in [0.05, 0.1) is 11.2 Å². The van der Waals surface area contributed by atoms with E-state index in [4.69, 9.17) is 0 Å². The topological polar surface area (TPSA) is 55.1 Å². The molecule has 18 heavy (non-hydrogen) atoms. The minimum atomic E-state index is 0.370. The first kappa shape index (κ1) is 11.2. The Morgan fingerprint density at radius 1 is 1.33 bits per heavy atom. The maximum absolute atomic E-state index is 4.34. The molecule has 0 aliphatic carbocycles. The lowest BCUT2D eigenvalue weighted by Gasteiger charge is -2.11. The summed E-state index contributed by atoms with van der Waals surface area (Å²) in [5, 5.41) is 10.7. The highest BCUT2D eigenvalue weighted by Gasteiger charge is 2.09. The highest BCUT2D eigenvalue weighted by molar-refractivity contribution is 7.09. The fraction of sp³-hybridized carbons (Fsp3) is 0.250. The molecule has 3 aromatic rings. The number of thiazole rings is 1. The summed E-state index contributed by atoms with van der Waals surface area (Å²) in [6.45, 7) is 2.97. The van der Waals surface area contributed by atoms with Crippen LogP contribution < -0.4 is 5.32 Å². The van der Waals surface area contributed by atoms with Gasteiger partial charge in [0.1, 0.15) is 5.52 Å². The second-order valence-corrected chi connectivity index (χ2v) is 5.02. The third-order valence-electron chi connectivity index (χ3n) is 2.77. The van der Waals surface area contributed by atoms with E-state index in [1.807, 2.05) is 28.4 Å². The van der Waals surface area contributed by atoms with Gasteiger partial charge in [0.2, 0.25) is 0 Å². The lowest BCUT2D eigenvalue weighted by atomic mass is 10.2. The van der Waals surface area contributed by atoms with E-state index >= 15 is 0 Å². The predicted molar refractivity (Wildman–Crippen MR) is 72.0 cm³/mol. The Hall–Kier alpha value is -1.95. The SMILES string of the molecule is CC(CNc1nccn2nccc12)c1nccs1. The van der Waals surface area contributed by atoms with Crippen molar-refractivity contribution in [2.75, 3.05) is 11.9 Å². The van der Waals surface area contributed by atoms with Crippen LogP contribution in [0.15, 0.2) is 36.2 Å². The number of nitrogens with one attached hydrogen (secondary N) is 1. The van der Waals surface area contributed by atoms with Crippen LogP contribution in [0.2, 0.25) is 0 Å². The Kier molecular flexibility index (Phi) is 2.93. The van der Waals surface area contributed by atoms with Gasteiger partial charge in [0.25, 0.3) is 0 Å². The van der Waals surface area contributed by atoms with Gasteiger partial charge in [-0.3, -0.25) is 0 Å². The normalized spacial score (nSPS) is 12.7. The maximum Gasteiger partial charge on any atom is 0.152 e. The van der Waals surface area contributed by atoms with Crippen molar-refractivity contribution in [2.45, 2.75) is 12.8 Å². The Morgan fingerprint density at radius 3 is 3.11 bits per heavy atom. The second-order valence-electron chi connectivity index (χ2n) is 4.09. The zero-order valence-corrected chi connectivity index (χ0v) is 10.8. The van der Waals surface area contributed by atoms with E-state index in [2.05, 4.69) is 27.3 Å². The van der Waals surface area contributed by atoms with Gasteiger partial charge in [-0.1, -0.05) is 6.92 Å². The van der Waals surface area contributed by atoms with Crippen molar-refractivity contribution in [2.24, 2.45) is 0 Å². The van der Waals surface area contributed by atoms with Crippen molar-refractivity contribution >= 4 is 22.7 Å². The summed E-state index contributed by atoms with van der Waals surface area (Å²) >= 11 is 1.68. The highest BCUT2D eigenvalue weighted by atomic mass is 32.1. The molecule has 0 amide bonds. The molecule has 5 nitrogen and oxygen atoms in total. The highest BCUT2D eigenvalue weighted by Crippen LogP contribution is 2.19. The molecule has 92 valence electrons. The van der Waals surface area contributed by atoms with Crippen LogP contribution in [-0.4, -0.2) is 26.1 Å². The summed E-state index contributed by atoms with van der Waals surface area (Å²) in [7, 11) is 0. The smallest absolute Gasteiger partial charge is 0.152 e. The molecule has 0 aliphatic rings. The minimum Gasteiger partial charge on any atom is -0.368 e. The van der Waals surface area contributed by atoms with E-state index in [1.54, 1.807) is 23.7 Å². The first-order valence-corrected chi connectivity index (χ1v) is 6.64. The average molecular weight is 259 g/mol. The standard InChI is InChI=1S/C12H13N5S/c1-9(12-14-5-7-18-12)8-15-11-10-2-3-16-17(10)6-4-13-11/h2-7,9H,8H2,1H3,(H,13,15).